The van der Waals surface area contributed by atoms with Crippen molar-refractivity contribution in [1.82, 2.24) is 4.57 Å². The molecule has 7 aromatic carbocycles. The average Bonchev–Trinajstić information content (AvgIpc) is 3.41. The molecular formula is C44H35N. The van der Waals surface area contributed by atoms with E-state index in [-0.39, 0.29) is 10.8 Å². The Morgan fingerprint density at radius 2 is 0.978 bits per heavy atom. The first-order chi connectivity index (χ1) is 21.8. The van der Waals surface area contributed by atoms with Crippen molar-refractivity contribution in [1.29, 1.82) is 0 Å². The quantitative estimate of drug-likeness (QED) is 0.180. The molecule has 0 atom stereocenters. The SMILES string of the molecule is CC1(C)c2ccccc2-c2cc3c(ccc4cc(-c5ccc(-n6c7ccccc7c7ccccc76)cc5)ccc43)cc2C1(C)C. The van der Waals surface area contributed by atoms with Crippen LogP contribution in [0.1, 0.15) is 38.8 Å². The van der Waals surface area contributed by atoms with Gasteiger partial charge in [-0.25, -0.2) is 0 Å². The maximum Gasteiger partial charge on any atom is 0.0541 e. The molecule has 1 nitrogen and oxygen atoms in total. The van der Waals surface area contributed by atoms with Crippen molar-refractivity contribution >= 4 is 43.4 Å². The molecule has 1 aliphatic rings. The highest BCUT2D eigenvalue weighted by Gasteiger charge is 2.45. The van der Waals surface area contributed by atoms with Crippen LogP contribution in [-0.2, 0) is 10.8 Å². The predicted octanol–water partition coefficient (Wildman–Crippen LogP) is 12.0. The molecule has 1 aliphatic carbocycles. The van der Waals surface area contributed by atoms with Crippen LogP contribution in [0, 0.1) is 0 Å². The van der Waals surface area contributed by atoms with Gasteiger partial charge in [0, 0.05) is 16.5 Å². The number of nitrogens with zero attached hydrogens (tertiary/aromatic N) is 1. The molecule has 1 heterocycles. The van der Waals surface area contributed by atoms with E-state index < -0.39 is 0 Å². The summed E-state index contributed by atoms with van der Waals surface area (Å²) in [4.78, 5) is 0. The van der Waals surface area contributed by atoms with E-state index >= 15 is 0 Å². The van der Waals surface area contributed by atoms with Gasteiger partial charge in [0.15, 0.2) is 0 Å². The molecule has 8 aromatic rings. The van der Waals surface area contributed by atoms with E-state index in [0.29, 0.717) is 0 Å². The maximum absolute atomic E-state index is 2.46. The fraction of sp³-hybridized carbons (Fsp3) is 0.136. The first-order valence-electron chi connectivity index (χ1n) is 16.0. The highest BCUT2D eigenvalue weighted by Crippen LogP contribution is 2.54. The first-order valence-corrected chi connectivity index (χ1v) is 16.0. The van der Waals surface area contributed by atoms with E-state index in [4.69, 9.17) is 0 Å². The standard InChI is InChI=1S/C44H35N/c1-43(2)39-14-8-5-11-34(39)38-27-37-31(26-40(38)44(43,3)4)18-17-30-25-29(21-24-33(30)37)28-19-22-32(23-20-28)45-41-15-9-6-12-35(41)36-13-7-10-16-42(36)45/h5-27H,1-4H3. The van der Waals surface area contributed by atoms with Crippen LogP contribution in [0.3, 0.4) is 0 Å². The minimum Gasteiger partial charge on any atom is -0.309 e. The summed E-state index contributed by atoms with van der Waals surface area (Å²) in [6, 6.07) is 51.9. The fourth-order valence-corrected chi connectivity index (χ4v) is 7.97. The van der Waals surface area contributed by atoms with Gasteiger partial charge in [-0.05, 0) is 108 Å². The summed E-state index contributed by atoms with van der Waals surface area (Å²) in [6.45, 7) is 9.62. The minimum absolute atomic E-state index is 0.00901. The van der Waals surface area contributed by atoms with Gasteiger partial charge in [0.05, 0.1) is 11.0 Å². The van der Waals surface area contributed by atoms with Crippen LogP contribution in [-0.4, -0.2) is 4.57 Å². The topological polar surface area (TPSA) is 4.93 Å². The van der Waals surface area contributed by atoms with Gasteiger partial charge >= 0.3 is 0 Å². The summed E-state index contributed by atoms with van der Waals surface area (Å²) in [5.74, 6) is 0. The largest absolute Gasteiger partial charge is 0.309 e. The van der Waals surface area contributed by atoms with E-state index in [2.05, 4.69) is 172 Å². The summed E-state index contributed by atoms with van der Waals surface area (Å²) in [5.41, 5.74) is 11.8. The van der Waals surface area contributed by atoms with Crippen molar-refractivity contribution < 1.29 is 0 Å². The van der Waals surface area contributed by atoms with Gasteiger partial charge < -0.3 is 4.57 Å². The van der Waals surface area contributed by atoms with Crippen molar-refractivity contribution in [3.63, 3.8) is 0 Å². The number of rotatable bonds is 2. The zero-order valence-electron chi connectivity index (χ0n) is 26.2. The van der Waals surface area contributed by atoms with Crippen LogP contribution >= 0.6 is 0 Å². The highest BCUT2D eigenvalue weighted by molar-refractivity contribution is 6.11. The Morgan fingerprint density at radius 3 is 1.69 bits per heavy atom. The summed E-state index contributed by atoms with van der Waals surface area (Å²) in [5, 5.41) is 7.79. The Morgan fingerprint density at radius 1 is 0.400 bits per heavy atom. The van der Waals surface area contributed by atoms with Crippen molar-refractivity contribution in [3.05, 3.63) is 151 Å². The van der Waals surface area contributed by atoms with Crippen LogP contribution in [0.25, 0.3) is 71.3 Å². The predicted molar refractivity (Wildman–Crippen MR) is 193 cm³/mol. The van der Waals surface area contributed by atoms with Crippen molar-refractivity contribution in [2.24, 2.45) is 0 Å². The van der Waals surface area contributed by atoms with Crippen molar-refractivity contribution in [2.45, 2.75) is 38.5 Å². The Kier molecular flexibility index (Phi) is 5.37. The third-order valence-electron chi connectivity index (χ3n) is 11.1. The van der Waals surface area contributed by atoms with Gasteiger partial charge in [0.2, 0.25) is 0 Å². The first kappa shape index (κ1) is 26.3. The summed E-state index contributed by atoms with van der Waals surface area (Å²) in [6.07, 6.45) is 0. The molecule has 1 heteroatoms. The Labute approximate surface area is 264 Å². The normalized spacial score (nSPS) is 15.0. The molecule has 216 valence electrons. The number of hydrogen-bond donors (Lipinski definition) is 0. The van der Waals surface area contributed by atoms with Gasteiger partial charge in [0.1, 0.15) is 0 Å². The molecule has 1 aromatic heterocycles. The molecule has 0 amide bonds. The number of para-hydroxylation sites is 2. The number of hydrogen-bond acceptors (Lipinski definition) is 0. The molecule has 0 N–H and O–H groups in total. The van der Waals surface area contributed by atoms with Crippen molar-refractivity contribution in [3.8, 4) is 27.9 Å². The zero-order valence-corrected chi connectivity index (χ0v) is 26.2. The van der Waals surface area contributed by atoms with Gasteiger partial charge in [-0.2, -0.15) is 0 Å². The average molecular weight is 578 g/mol. The van der Waals surface area contributed by atoms with Crippen LogP contribution < -0.4 is 0 Å². The lowest BCUT2D eigenvalue weighted by molar-refractivity contribution is 0.299. The van der Waals surface area contributed by atoms with Gasteiger partial charge in [-0.3, -0.25) is 0 Å². The number of fused-ring (bicyclic) bond motifs is 9. The second kappa shape index (κ2) is 9.19. The molecule has 9 rings (SSSR count). The van der Waals surface area contributed by atoms with Gasteiger partial charge in [0.25, 0.3) is 0 Å². The van der Waals surface area contributed by atoms with E-state index in [1.54, 1.807) is 0 Å². The third-order valence-corrected chi connectivity index (χ3v) is 11.1. The number of benzene rings is 7. The molecule has 0 unspecified atom stereocenters. The summed E-state index contributed by atoms with van der Waals surface area (Å²) >= 11 is 0. The van der Waals surface area contributed by atoms with E-state index in [1.807, 2.05) is 0 Å². The van der Waals surface area contributed by atoms with E-state index in [0.717, 1.165) is 0 Å². The van der Waals surface area contributed by atoms with Crippen LogP contribution in [0.15, 0.2) is 140 Å². The maximum atomic E-state index is 2.46. The van der Waals surface area contributed by atoms with E-state index in [9.17, 15) is 0 Å². The van der Waals surface area contributed by atoms with E-state index in [1.165, 1.54) is 82.4 Å². The number of aromatic nitrogens is 1. The van der Waals surface area contributed by atoms with Gasteiger partial charge in [-0.1, -0.05) is 125 Å². The molecule has 0 radical (unpaired) electrons. The molecule has 0 fully saturated rings. The highest BCUT2D eigenvalue weighted by atomic mass is 15.0. The molecule has 45 heavy (non-hydrogen) atoms. The summed E-state index contributed by atoms with van der Waals surface area (Å²) in [7, 11) is 0. The fourth-order valence-electron chi connectivity index (χ4n) is 7.97. The summed E-state index contributed by atoms with van der Waals surface area (Å²) < 4.78 is 2.38. The lowest BCUT2D eigenvalue weighted by Crippen LogP contribution is -2.43. The van der Waals surface area contributed by atoms with Crippen LogP contribution in [0.5, 0.6) is 0 Å². The third kappa shape index (κ3) is 3.61. The molecule has 0 saturated heterocycles. The molecular weight excluding hydrogens is 542 g/mol. The molecule has 0 aliphatic heterocycles. The van der Waals surface area contributed by atoms with Crippen LogP contribution in [0.2, 0.25) is 0 Å². The minimum atomic E-state index is 0.00901. The Hall–Kier alpha value is -5.14. The molecule has 0 spiro atoms. The van der Waals surface area contributed by atoms with Gasteiger partial charge in [-0.15, -0.1) is 0 Å². The monoisotopic (exact) mass is 577 g/mol. The smallest absolute Gasteiger partial charge is 0.0541 e. The van der Waals surface area contributed by atoms with Crippen molar-refractivity contribution in [2.75, 3.05) is 0 Å². The lowest BCUT2D eigenvalue weighted by atomic mass is 9.55. The Bertz CT molecular complexity index is 2420. The Balaban J connectivity index is 1.15. The zero-order chi connectivity index (χ0) is 30.5. The lowest BCUT2D eigenvalue weighted by Gasteiger charge is -2.48. The second-order valence-corrected chi connectivity index (χ2v) is 13.8. The van der Waals surface area contributed by atoms with Crippen LogP contribution in [0.4, 0.5) is 0 Å². The molecule has 0 bridgehead atoms. The molecule has 0 saturated carbocycles. The second-order valence-electron chi connectivity index (χ2n) is 13.8.